The summed E-state index contributed by atoms with van der Waals surface area (Å²) in [6.45, 7) is 0. The Morgan fingerprint density at radius 1 is 1.20 bits per heavy atom. The maximum atomic E-state index is 13.4. The first-order valence-electron chi connectivity index (χ1n) is 12.1. The number of aromatic amines is 1. The van der Waals surface area contributed by atoms with Crippen LogP contribution < -0.4 is 10.0 Å². The van der Waals surface area contributed by atoms with Crippen LogP contribution in [0.1, 0.15) is 23.5 Å². The van der Waals surface area contributed by atoms with E-state index in [0.717, 1.165) is 5.56 Å². The van der Waals surface area contributed by atoms with Crippen molar-refractivity contribution in [2.24, 2.45) is 0 Å². The number of carbonyl (C=O) groups is 1. The number of aliphatic hydroxyl groups is 1. The summed E-state index contributed by atoms with van der Waals surface area (Å²) in [5.74, 6) is 0.260. The molecule has 1 aliphatic rings. The van der Waals surface area contributed by atoms with Gasteiger partial charge in [0.2, 0.25) is 11.3 Å². The average molecular weight is 578 g/mol. The highest BCUT2D eigenvalue weighted by Crippen LogP contribution is 2.41. The van der Waals surface area contributed by atoms with E-state index in [1.165, 1.54) is 18.0 Å². The van der Waals surface area contributed by atoms with Gasteiger partial charge >= 0.3 is 6.09 Å². The molecular weight excluding hydrogens is 557 g/mol. The molecule has 2 aromatic carbocycles. The summed E-state index contributed by atoms with van der Waals surface area (Å²) >= 11 is 12.3. The summed E-state index contributed by atoms with van der Waals surface area (Å²) in [6.07, 6.45) is 4.71. The van der Waals surface area contributed by atoms with E-state index in [1.807, 2.05) is 6.07 Å². The quantitative estimate of drug-likeness (QED) is 0.204. The van der Waals surface area contributed by atoms with Crippen LogP contribution in [0, 0.1) is 5.21 Å². The van der Waals surface area contributed by atoms with Gasteiger partial charge in [0.15, 0.2) is 11.3 Å². The normalized spacial score (nSPS) is 16.1. The number of nitrogens with zero attached hydrogens (tertiary/aromatic N) is 5. The molecule has 0 radical (unpaired) electrons. The summed E-state index contributed by atoms with van der Waals surface area (Å²) in [5, 5.41) is 36.3. The second-order valence-corrected chi connectivity index (χ2v) is 10.1. The summed E-state index contributed by atoms with van der Waals surface area (Å²) in [7, 11) is 1.29. The number of methoxy groups -OCH3 is 1. The fraction of sp³-hybridized carbons (Fsp3) is 0.148. The van der Waals surface area contributed by atoms with Crippen LogP contribution in [-0.2, 0) is 16.8 Å². The summed E-state index contributed by atoms with van der Waals surface area (Å²) < 4.78 is 6.80. The van der Waals surface area contributed by atoms with Crippen molar-refractivity contribution >= 4 is 35.0 Å². The Morgan fingerprint density at radius 2 is 2.00 bits per heavy atom. The van der Waals surface area contributed by atoms with Crippen LogP contribution in [0.15, 0.2) is 67.1 Å². The lowest BCUT2D eigenvalue weighted by Gasteiger charge is -2.20. The number of fused-ring (bicyclic) bond motifs is 1. The van der Waals surface area contributed by atoms with E-state index in [1.54, 1.807) is 54.9 Å². The smallest absolute Gasteiger partial charge is 0.411 e. The molecule has 1 atom stereocenters. The molecule has 1 unspecified atom stereocenters. The molecule has 1 aliphatic carbocycles. The van der Waals surface area contributed by atoms with Crippen molar-refractivity contribution in [3.8, 4) is 28.1 Å². The molecule has 11 nitrogen and oxygen atoms in total. The predicted molar refractivity (Wildman–Crippen MR) is 147 cm³/mol. The maximum absolute atomic E-state index is 13.4. The van der Waals surface area contributed by atoms with Crippen molar-refractivity contribution < 1.29 is 19.4 Å². The first kappa shape index (κ1) is 25.8. The minimum absolute atomic E-state index is 0.210. The Labute approximate surface area is 237 Å². The molecule has 0 saturated heterocycles. The molecule has 3 heterocycles. The first-order chi connectivity index (χ1) is 19.2. The summed E-state index contributed by atoms with van der Waals surface area (Å²) in [5.41, 5.74) is 3.17. The van der Waals surface area contributed by atoms with E-state index in [9.17, 15) is 15.1 Å². The zero-order valence-electron chi connectivity index (χ0n) is 20.9. The summed E-state index contributed by atoms with van der Waals surface area (Å²) in [6, 6.07) is 14.1. The van der Waals surface area contributed by atoms with Gasteiger partial charge in [-0.25, -0.2) is 14.5 Å². The van der Waals surface area contributed by atoms with Crippen LogP contribution in [0.2, 0.25) is 10.2 Å². The lowest BCUT2D eigenvalue weighted by atomic mass is 9.98. The van der Waals surface area contributed by atoms with Gasteiger partial charge in [-0.15, -0.1) is 5.10 Å². The molecular formula is C27H21Cl2N7O4. The SMILES string of the molecule is COC(=O)Nc1ccc(-c2cnc(C3(O)CCc4cc(-c5cc(Cl)ccc5-n5cc(Cl)nn5)c[n+]([O-])c43)[nH]2)cc1. The number of amides is 1. The number of ether oxygens (including phenoxy) is 1. The van der Waals surface area contributed by atoms with Gasteiger partial charge in [0.1, 0.15) is 5.82 Å². The third-order valence-corrected chi connectivity index (χ3v) is 7.24. The lowest BCUT2D eigenvalue weighted by Crippen LogP contribution is -2.42. The van der Waals surface area contributed by atoms with Crippen LogP contribution in [0.3, 0.4) is 0 Å². The Balaban J connectivity index is 1.34. The number of hydrogen-bond donors (Lipinski definition) is 3. The number of H-pyrrole nitrogens is 1. The van der Waals surface area contributed by atoms with E-state index in [2.05, 4.69) is 30.3 Å². The standard InChI is InChI=1S/C27H21Cl2N7O4/c1-40-26(37)31-19-5-2-15(3-6-19)21-12-30-25(32-21)27(38)9-8-16-10-17(13-36(39)24(16)27)20-11-18(28)4-7-22(20)35-14-23(29)33-34-35/h2-7,10-14,38H,8-9H2,1H3,(H,30,32)(H,31,37). The van der Waals surface area contributed by atoms with Crippen LogP contribution in [0.25, 0.3) is 28.1 Å². The van der Waals surface area contributed by atoms with Gasteiger partial charge < -0.3 is 20.0 Å². The minimum Gasteiger partial charge on any atom is -0.618 e. The van der Waals surface area contributed by atoms with E-state index in [-0.39, 0.29) is 23.1 Å². The molecule has 40 heavy (non-hydrogen) atoms. The highest BCUT2D eigenvalue weighted by Gasteiger charge is 2.48. The fourth-order valence-electron chi connectivity index (χ4n) is 4.96. The minimum atomic E-state index is -1.61. The van der Waals surface area contributed by atoms with Crippen molar-refractivity contribution in [3.63, 3.8) is 0 Å². The molecule has 6 rings (SSSR count). The molecule has 0 spiro atoms. The Hall–Kier alpha value is -4.45. The van der Waals surface area contributed by atoms with Gasteiger partial charge in [-0.05, 0) is 54.8 Å². The zero-order chi connectivity index (χ0) is 28.0. The molecule has 0 bridgehead atoms. The van der Waals surface area contributed by atoms with Gasteiger partial charge in [-0.2, -0.15) is 4.73 Å². The van der Waals surface area contributed by atoms with Crippen molar-refractivity contribution in [2.75, 3.05) is 12.4 Å². The lowest BCUT2D eigenvalue weighted by molar-refractivity contribution is -0.620. The molecule has 0 aliphatic heterocycles. The van der Waals surface area contributed by atoms with Crippen LogP contribution in [0.5, 0.6) is 0 Å². The largest absolute Gasteiger partial charge is 0.618 e. The Kier molecular flexibility index (Phi) is 6.41. The molecule has 3 aromatic heterocycles. The van der Waals surface area contributed by atoms with Gasteiger partial charge in [0.25, 0.3) is 0 Å². The Morgan fingerprint density at radius 3 is 2.73 bits per heavy atom. The highest BCUT2D eigenvalue weighted by atomic mass is 35.5. The van der Waals surface area contributed by atoms with E-state index >= 15 is 0 Å². The van der Waals surface area contributed by atoms with E-state index < -0.39 is 11.7 Å². The number of anilines is 1. The number of benzene rings is 2. The Bertz CT molecular complexity index is 1750. The molecule has 202 valence electrons. The van der Waals surface area contributed by atoms with E-state index in [0.29, 0.717) is 49.9 Å². The zero-order valence-corrected chi connectivity index (χ0v) is 22.4. The van der Waals surface area contributed by atoms with Gasteiger partial charge in [0, 0.05) is 27.4 Å². The number of imidazole rings is 1. The van der Waals surface area contributed by atoms with Gasteiger partial charge in [-0.3, -0.25) is 5.32 Å². The molecule has 1 amide bonds. The number of hydrogen-bond acceptors (Lipinski definition) is 7. The van der Waals surface area contributed by atoms with Crippen LogP contribution in [0.4, 0.5) is 10.5 Å². The molecule has 5 aromatic rings. The highest BCUT2D eigenvalue weighted by molar-refractivity contribution is 6.31. The summed E-state index contributed by atoms with van der Waals surface area (Å²) in [4.78, 5) is 19.0. The van der Waals surface area contributed by atoms with Gasteiger partial charge in [0.05, 0.1) is 30.9 Å². The van der Waals surface area contributed by atoms with Crippen molar-refractivity contribution in [2.45, 2.75) is 18.4 Å². The monoisotopic (exact) mass is 577 g/mol. The second kappa shape index (κ2) is 9.94. The predicted octanol–water partition coefficient (Wildman–Crippen LogP) is 4.63. The molecule has 13 heteroatoms. The van der Waals surface area contributed by atoms with Gasteiger partial charge in [-0.1, -0.05) is 40.5 Å². The van der Waals surface area contributed by atoms with Crippen LogP contribution in [-0.4, -0.2) is 43.3 Å². The fourth-order valence-corrected chi connectivity index (χ4v) is 5.25. The first-order valence-corrected chi connectivity index (χ1v) is 12.9. The van der Waals surface area contributed by atoms with Crippen molar-refractivity contribution in [1.29, 1.82) is 0 Å². The van der Waals surface area contributed by atoms with Crippen molar-refractivity contribution in [3.05, 3.63) is 99.6 Å². The van der Waals surface area contributed by atoms with E-state index in [4.69, 9.17) is 23.2 Å². The van der Waals surface area contributed by atoms with Crippen LogP contribution >= 0.6 is 23.2 Å². The molecule has 0 saturated carbocycles. The average Bonchev–Trinajstić information content (AvgIpc) is 3.69. The second-order valence-electron chi connectivity index (χ2n) is 9.28. The number of carbonyl (C=O) groups excluding carboxylic acids is 1. The number of pyridine rings is 1. The molecule has 3 N–H and O–H groups in total. The number of nitrogens with one attached hydrogen (secondary N) is 2. The number of aryl methyl sites for hydroxylation is 1. The maximum Gasteiger partial charge on any atom is 0.411 e. The third kappa shape index (κ3) is 4.53. The third-order valence-electron chi connectivity index (χ3n) is 6.84. The topological polar surface area (TPSA) is 145 Å². The number of halogens is 2. The number of rotatable bonds is 5. The molecule has 0 fully saturated rings. The van der Waals surface area contributed by atoms with Crippen molar-refractivity contribution in [1.82, 2.24) is 25.0 Å². The number of aromatic nitrogens is 6.